The van der Waals surface area contributed by atoms with E-state index in [4.69, 9.17) is 19.9 Å². The second kappa shape index (κ2) is 10.7. The van der Waals surface area contributed by atoms with Gasteiger partial charge in [0.1, 0.15) is 22.7 Å². The molecule has 5 heterocycles. The number of rotatable bonds is 4. The van der Waals surface area contributed by atoms with Gasteiger partial charge in [-0.15, -0.1) is 0 Å². The number of aryl methyl sites for hydroxylation is 1. The van der Waals surface area contributed by atoms with Gasteiger partial charge in [-0.3, -0.25) is 14.5 Å². The molecule has 49 heavy (non-hydrogen) atoms. The predicted octanol–water partition coefficient (Wildman–Crippen LogP) is 9.56. The largest absolute Gasteiger partial charge is 0.327 e. The first-order valence-corrected chi connectivity index (χ1v) is 16.3. The Morgan fingerprint density at radius 2 is 1.00 bits per heavy atom. The minimum Gasteiger partial charge on any atom is -0.327 e. The van der Waals surface area contributed by atoms with Crippen molar-refractivity contribution in [2.75, 3.05) is 0 Å². The van der Waals surface area contributed by atoms with Crippen LogP contribution in [-0.4, -0.2) is 34.1 Å². The van der Waals surface area contributed by atoms with Gasteiger partial charge in [-0.05, 0) is 42.5 Å². The van der Waals surface area contributed by atoms with Gasteiger partial charge in [0.25, 0.3) is 0 Å². The summed E-state index contributed by atoms with van der Waals surface area (Å²) in [6, 6.07) is 45.7. The summed E-state index contributed by atoms with van der Waals surface area (Å²) in [5, 5.41) is 3.05. The molecule has 230 valence electrons. The highest BCUT2D eigenvalue weighted by Gasteiger charge is 2.23. The number of hydrogen-bond acceptors (Lipinski definition) is 5. The van der Waals surface area contributed by atoms with E-state index in [1.807, 2.05) is 42.7 Å². The van der Waals surface area contributed by atoms with Crippen LogP contribution in [0.15, 0.2) is 146 Å². The maximum Gasteiger partial charge on any atom is 0.145 e. The Morgan fingerprint density at radius 1 is 0.429 bits per heavy atom. The molecule has 5 aromatic carbocycles. The van der Waals surface area contributed by atoms with Crippen molar-refractivity contribution < 1.29 is 0 Å². The molecule has 0 fully saturated rings. The van der Waals surface area contributed by atoms with E-state index in [1.165, 1.54) is 0 Å². The molecule has 0 N–H and O–H groups in total. The third kappa shape index (κ3) is 4.12. The second-order valence-electron chi connectivity index (χ2n) is 12.2. The van der Waals surface area contributed by atoms with Gasteiger partial charge in [0, 0.05) is 58.0 Å². The average Bonchev–Trinajstić information content (AvgIpc) is 3.75. The lowest BCUT2D eigenvalue weighted by Gasteiger charge is -2.13. The molecule has 5 aromatic heterocycles. The summed E-state index contributed by atoms with van der Waals surface area (Å²) in [5.41, 5.74) is 11.5. The monoisotopic (exact) mass is 629 g/mol. The summed E-state index contributed by atoms with van der Waals surface area (Å²) in [6.45, 7) is 0. The maximum absolute atomic E-state index is 5.38. The zero-order valence-electron chi connectivity index (χ0n) is 26.5. The minimum atomic E-state index is 0.849. The number of fused-ring (bicyclic) bond motifs is 9. The van der Waals surface area contributed by atoms with E-state index in [-0.39, 0.29) is 0 Å². The van der Waals surface area contributed by atoms with Crippen LogP contribution in [0.4, 0.5) is 0 Å². The van der Waals surface area contributed by atoms with Crippen molar-refractivity contribution in [3.05, 3.63) is 146 Å². The van der Waals surface area contributed by atoms with Crippen LogP contribution in [0.1, 0.15) is 0 Å². The molecule has 0 radical (unpaired) electrons. The van der Waals surface area contributed by atoms with E-state index in [9.17, 15) is 0 Å². The topological polar surface area (TPSA) is 74.3 Å². The fraction of sp³-hybridized carbons (Fsp3) is 0.0238. The van der Waals surface area contributed by atoms with E-state index >= 15 is 0 Å². The number of nitrogens with zero attached hydrogens (tertiary/aromatic N) is 7. The lowest BCUT2D eigenvalue weighted by atomic mass is 10.1. The molecule has 10 rings (SSSR count). The maximum atomic E-state index is 5.38. The fourth-order valence-electron chi connectivity index (χ4n) is 7.18. The summed E-state index contributed by atoms with van der Waals surface area (Å²) in [7, 11) is 2.07. The molecule has 0 unspecified atom stereocenters. The van der Waals surface area contributed by atoms with Crippen molar-refractivity contribution in [3.8, 4) is 39.7 Å². The van der Waals surface area contributed by atoms with Gasteiger partial charge in [0.05, 0.1) is 33.3 Å². The van der Waals surface area contributed by atoms with Crippen molar-refractivity contribution in [2.45, 2.75) is 0 Å². The smallest absolute Gasteiger partial charge is 0.145 e. The molecule has 0 aliphatic rings. The molecule has 0 aliphatic heterocycles. The summed E-state index contributed by atoms with van der Waals surface area (Å²) in [5.74, 6) is 1.73. The molecule has 7 heteroatoms. The number of benzene rings is 5. The van der Waals surface area contributed by atoms with Gasteiger partial charge in [-0.1, -0.05) is 91.0 Å². The van der Waals surface area contributed by atoms with Gasteiger partial charge < -0.3 is 4.57 Å². The fourth-order valence-corrected chi connectivity index (χ4v) is 7.18. The van der Waals surface area contributed by atoms with Crippen molar-refractivity contribution >= 4 is 54.8 Å². The van der Waals surface area contributed by atoms with Gasteiger partial charge in [0.15, 0.2) is 0 Å². The number of para-hydroxylation sites is 2. The van der Waals surface area contributed by atoms with E-state index in [0.717, 1.165) is 94.5 Å². The standard InChI is InChI=1S/C42H27N7/c1-48-39-32-18-11-25-44-36(32)35-31(17-10-24-43-35)38(39)46-41(48)27-20-22-28(23-21-27)42-47-37-30-16-8-9-19-33(30)45-34(26-12-4-2-5-13-26)40(37)49(42)29-14-6-3-7-15-29/h2-25H,1H3. The van der Waals surface area contributed by atoms with E-state index in [2.05, 4.69) is 124 Å². The average molecular weight is 630 g/mol. The molecule has 10 aromatic rings. The van der Waals surface area contributed by atoms with Gasteiger partial charge in [-0.2, -0.15) is 0 Å². The Hall–Kier alpha value is -6.73. The second-order valence-corrected chi connectivity index (χ2v) is 12.2. The minimum absolute atomic E-state index is 0.849. The zero-order valence-corrected chi connectivity index (χ0v) is 26.5. The van der Waals surface area contributed by atoms with Crippen molar-refractivity contribution in [2.24, 2.45) is 7.05 Å². The highest BCUT2D eigenvalue weighted by atomic mass is 15.1. The van der Waals surface area contributed by atoms with Crippen LogP contribution in [0.2, 0.25) is 0 Å². The Kier molecular flexibility index (Phi) is 5.95. The molecule has 7 nitrogen and oxygen atoms in total. The first-order valence-electron chi connectivity index (χ1n) is 16.3. The molecular weight excluding hydrogens is 603 g/mol. The normalized spacial score (nSPS) is 11.8. The number of pyridine rings is 3. The highest BCUT2D eigenvalue weighted by molar-refractivity contribution is 6.21. The van der Waals surface area contributed by atoms with Crippen molar-refractivity contribution in [3.63, 3.8) is 0 Å². The van der Waals surface area contributed by atoms with Crippen LogP contribution in [0.3, 0.4) is 0 Å². The molecule has 0 saturated carbocycles. The van der Waals surface area contributed by atoms with E-state index < -0.39 is 0 Å². The molecule has 0 bridgehead atoms. The molecular formula is C42H27N7. The molecule has 0 atom stereocenters. The summed E-state index contributed by atoms with van der Waals surface area (Å²) < 4.78 is 4.42. The molecule has 0 spiro atoms. The lowest BCUT2D eigenvalue weighted by molar-refractivity contribution is 0.962. The van der Waals surface area contributed by atoms with Crippen LogP contribution < -0.4 is 0 Å². The summed E-state index contributed by atoms with van der Waals surface area (Å²) in [4.78, 5) is 25.2. The highest BCUT2D eigenvalue weighted by Crippen LogP contribution is 2.39. The van der Waals surface area contributed by atoms with Crippen LogP contribution in [0, 0.1) is 0 Å². The van der Waals surface area contributed by atoms with Crippen molar-refractivity contribution in [1.29, 1.82) is 0 Å². The number of aromatic nitrogens is 7. The first kappa shape index (κ1) is 27.4. The quantitative estimate of drug-likeness (QED) is 0.181. The summed E-state index contributed by atoms with van der Waals surface area (Å²) >= 11 is 0. The van der Waals surface area contributed by atoms with Gasteiger partial charge >= 0.3 is 0 Å². The third-order valence-electron chi connectivity index (χ3n) is 9.40. The molecule has 0 saturated heterocycles. The zero-order chi connectivity index (χ0) is 32.5. The van der Waals surface area contributed by atoms with Crippen LogP contribution in [0.5, 0.6) is 0 Å². The van der Waals surface area contributed by atoms with E-state index in [0.29, 0.717) is 0 Å². The lowest BCUT2D eigenvalue weighted by Crippen LogP contribution is -2.00. The number of imidazole rings is 2. The SMILES string of the molecule is Cn1c(-c2ccc(-c3nc4c5ccccc5nc(-c5ccccc5)c4n3-c3ccccc3)cc2)nc2c3cccnc3c3ncccc3c21. The van der Waals surface area contributed by atoms with Gasteiger partial charge in [0.2, 0.25) is 0 Å². The Labute approximate surface area is 280 Å². The summed E-state index contributed by atoms with van der Waals surface area (Å²) in [6.07, 6.45) is 3.64. The van der Waals surface area contributed by atoms with E-state index in [1.54, 1.807) is 0 Å². The van der Waals surface area contributed by atoms with Crippen LogP contribution in [-0.2, 0) is 7.05 Å². The van der Waals surface area contributed by atoms with Crippen LogP contribution >= 0.6 is 0 Å². The first-order chi connectivity index (χ1) is 24.2. The Bertz CT molecular complexity index is 2870. The molecule has 0 amide bonds. The van der Waals surface area contributed by atoms with Crippen molar-refractivity contribution in [1.82, 2.24) is 34.1 Å². The van der Waals surface area contributed by atoms with Crippen LogP contribution in [0.25, 0.3) is 94.5 Å². The number of hydrogen-bond donors (Lipinski definition) is 0. The van der Waals surface area contributed by atoms with Gasteiger partial charge in [-0.25, -0.2) is 15.0 Å². The third-order valence-corrected chi connectivity index (χ3v) is 9.40. The Morgan fingerprint density at radius 3 is 1.76 bits per heavy atom. The molecule has 0 aliphatic carbocycles. The Balaban J connectivity index is 1.20. The predicted molar refractivity (Wildman–Crippen MR) is 198 cm³/mol.